The molecule has 3 aliphatic carbocycles. The van der Waals surface area contributed by atoms with Crippen molar-refractivity contribution in [1.82, 2.24) is 29.7 Å². The molecule has 3 saturated carbocycles. The predicted octanol–water partition coefficient (Wildman–Crippen LogP) is 3.87. The van der Waals surface area contributed by atoms with Gasteiger partial charge < -0.3 is 35.3 Å². The molecule has 5 aliphatic rings. The number of halogens is 1. The van der Waals surface area contributed by atoms with Gasteiger partial charge >= 0.3 is 5.97 Å². The van der Waals surface area contributed by atoms with Gasteiger partial charge in [-0.1, -0.05) is 33.8 Å². The van der Waals surface area contributed by atoms with Crippen molar-refractivity contribution in [3.8, 4) is 0 Å². The van der Waals surface area contributed by atoms with Gasteiger partial charge in [0.05, 0.1) is 18.2 Å². The van der Waals surface area contributed by atoms with Gasteiger partial charge in [-0.3, -0.25) is 14.4 Å². The summed E-state index contributed by atoms with van der Waals surface area (Å²) < 4.78 is 8.31. The topological polar surface area (TPSA) is 169 Å². The third kappa shape index (κ3) is 6.95. The first-order valence-electron chi connectivity index (χ1n) is 19.2. The molecule has 1 amide bonds. The number of ether oxygens (including phenoxy) is 1. The van der Waals surface area contributed by atoms with Gasteiger partial charge in [-0.15, -0.1) is 30.7 Å². The van der Waals surface area contributed by atoms with Gasteiger partial charge in [0.2, 0.25) is 11.9 Å². The number of carbonyl (C=O) groups excluding carboxylic acids is 3. The van der Waals surface area contributed by atoms with Crippen molar-refractivity contribution in [3.63, 3.8) is 0 Å². The number of fused-ring (bicyclic) bond motifs is 1. The van der Waals surface area contributed by atoms with Gasteiger partial charge in [-0.25, -0.2) is 4.98 Å². The van der Waals surface area contributed by atoms with Crippen molar-refractivity contribution in [3.05, 3.63) is 19.0 Å². The molecular formula is C38H57ClN8O5S. The van der Waals surface area contributed by atoms with E-state index in [1.54, 1.807) is 6.33 Å². The number of aliphatic hydroxyl groups excluding tert-OH is 1. The van der Waals surface area contributed by atoms with Crippen LogP contribution in [0.4, 0.5) is 11.8 Å². The van der Waals surface area contributed by atoms with E-state index in [0.717, 1.165) is 57.7 Å². The number of anilines is 2. The predicted molar refractivity (Wildman–Crippen MR) is 209 cm³/mol. The van der Waals surface area contributed by atoms with Crippen LogP contribution in [0.3, 0.4) is 0 Å². The van der Waals surface area contributed by atoms with Gasteiger partial charge in [0.1, 0.15) is 11.9 Å². The minimum atomic E-state index is -0.692. The van der Waals surface area contributed by atoms with E-state index in [9.17, 15) is 19.5 Å². The fourth-order valence-electron chi connectivity index (χ4n) is 10.6. The van der Waals surface area contributed by atoms with E-state index in [4.69, 9.17) is 10.5 Å². The number of thioether (sulfide) groups is 1. The Labute approximate surface area is 323 Å². The number of likely N-dealkylation sites (tertiary alicyclic amines) is 1. The average Bonchev–Trinajstić information content (AvgIpc) is 3.88. The van der Waals surface area contributed by atoms with Crippen molar-refractivity contribution in [2.45, 2.75) is 96.6 Å². The maximum absolute atomic E-state index is 13.7. The summed E-state index contributed by atoms with van der Waals surface area (Å²) in [6, 6.07) is 0. The number of amides is 1. The lowest BCUT2D eigenvalue weighted by atomic mass is 9.44. The van der Waals surface area contributed by atoms with E-state index in [0.29, 0.717) is 50.1 Å². The molecule has 2 saturated heterocycles. The number of esters is 1. The minimum Gasteiger partial charge on any atom is -0.461 e. The van der Waals surface area contributed by atoms with Crippen LogP contribution in [-0.4, -0.2) is 110 Å². The van der Waals surface area contributed by atoms with Crippen molar-refractivity contribution in [1.29, 1.82) is 0 Å². The summed E-state index contributed by atoms with van der Waals surface area (Å²) in [5.74, 6) is 0.937. The van der Waals surface area contributed by atoms with Crippen LogP contribution in [0.2, 0.25) is 0 Å². The third-order valence-corrected chi connectivity index (χ3v) is 15.2. The van der Waals surface area contributed by atoms with E-state index in [-0.39, 0.29) is 70.2 Å². The Morgan fingerprint density at radius 1 is 1.17 bits per heavy atom. The van der Waals surface area contributed by atoms with Crippen molar-refractivity contribution < 1.29 is 24.2 Å². The molecule has 0 spiro atoms. The first-order valence-corrected chi connectivity index (χ1v) is 20.2. The Hall–Kier alpha value is -2.94. The molecule has 4 heterocycles. The molecule has 0 radical (unpaired) electrons. The molecule has 9 atom stereocenters. The molecule has 53 heavy (non-hydrogen) atoms. The van der Waals surface area contributed by atoms with Gasteiger partial charge in [0, 0.05) is 80.7 Å². The van der Waals surface area contributed by atoms with Gasteiger partial charge in [-0.05, 0) is 49.4 Å². The Morgan fingerprint density at radius 2 is 1.92 bits per heavy atom. The molecule has 2 aromatic heterocycles. The van der Waals surface area contributed by atoms with E-state index in [1.165, 1.54) is 11.8 Å². The summed E-state index contributed by atoms with van der Waals surface area (Å²) in [4.78, 5) is 58.3. The van der Waals surface area contributed by atoms with Crippen LogP contribution in [0, 0.1) is 34.0 Å². The van der Waals surface area contributed by atoms with Gasteiger partial charge in [0.15, 0.2) is 17.0 Å². The highest BCUT2D eigenvalue weighted by atomic mass is 35.5. The Balaban J connectivity index is 0.00000481. The van der Waals surface area contributed by atoms with Crippen molar-refractivity contribution in [2.24, 2.45) is 34.0 Å². The molecule has 15 heteroatoms. The number of nitrogens with two attached hydrogens (primary N) is 1. The summed E-state index contributed by atoms with van der Waals surface area (Å²) in [6.45, 7) is 17.6. The summed E-state index contributed by atoms with van der Waals surface area (Å²) in [5.41, 5.74) is 5.90. The quantitative estimate of drug-likeness (QED) is 0.249. The average molecular weight is 773 g/mol. The number of nitrogens with one attached hydrogen (secondary N) is 1. The number of hydrogen-bond acceptors (Lipinski definition) is 12. The molecule has 2 bridgehead atoms. The van der Waals surface area contributed by atoms with E-state index < -0.39 is 23.0 Å². The maximum atomic E-state index is 13.7. The fraction of sp³-hybridized carbons (Fsp3) is 0.737. The van der Waals surface area contributed by atoms with Crippen LogP contribution < -0.4 is 16.0 Å². The molecular weight excluding hydrogens is 716 g/mol. The summed E-state index contributed by atoms with van der Waals surface area (Å²) >= 11 is 1.53. The zero-order chi connectivity index (χ0) is 37.0. The number of ketones is 1. The van der Waals surface area contributed by atoms with Crippen molar-refractivity contribution >= 4 is 64.8 Å². The largest absolute Gasteiger partial charge is 0.461 e. The van der Waals surface area contributed by atoms with Gasteiger partial charge in [-0.2, -0.15) is 9.97 Å². The van der Waals surface area contributed by atoms with Crippen LogP contribution in [0.5, 0.6) is 0 Å². The lowest BCUT2D eigenvalue weighted by molar-refractivity contribution is -0.205. The number of Topliss-reactive ketones (excluding diaryl/α,β-unsaturated/α-hetero) is 1. The number of nitrogens with zero attached hydrogens (tertiary/aromatic N) is 6. The third-order valence-electron chi connectivity index (χ3n) is 14.0. The molecule has 2 aromatic rings. The van der Waals surface area contributed by atoms with Crippen LogP contribution in [0.15, 0.2) is 19.0 Å². The number of nitrogen functional groups attached to an aromatic ring is 1. The Kier molecular flexibility index (Phi) is 11.5. The monoisotopic (exact) mass is 772 g/mol. The van der Waals surface area contributed by atoms with Crippen LogP contribution in [0.25, 0.3) is 11.2 Å². The highest BCUT2D eigenvalue weighted by Gasteiger charge is 2.68. The number of hydrogen-bond donors (Lipinski definition) is 3. The minimum absolute atomic E-state index is 0. The SMILES string of the molecule is C=C[C@]1(C)C[C@@H](OC(=O)CS[C@@H]2CCN(C(=O)CCn3cnc4c(N5CCNCC5)nc(N)nc43)C2)[C@]2(C)[C@H](C)CC[C@]3(CCC(=O)[C@@H]32)[C@@H](C)[C@@H]1O.Cl. The van der Waals surface area contributed by atoms with E-state index in [1.807, 2.05) is 22.5 Å². The number of piperazine rings is 1. The molecule has 13 nitrogen and oxygen atoms in total. The normalized spacial score (nSPS) is 35.7. The number of aliphatic hydroxyl groups is 1. The van der Waals surface area contributed by atoms with E-state index in [2.05, 4.69) is 52.5 Å². The first-order chi connectivity index (χ1) is 24.8. The summed E-state index contributed by atoms with van der Waals surface area (Å²) in [6.07, 6.45) is 6.96. The number of aromatic nitrogens is 4. The standard InChI is InChI=1S/C38H56N8O5S.ClH/c1-6-36(4)19-27(37(5)23(2)7-11-38(24(3)32(36)50)12-8-26(47)31(37)38)51-29(49)21-52-25-9-15-45(20-25)28(48)10-16-46-22-41-30-33(42-35(39)43-34(30)46)44-17-13-40-14-18-44;/h6,22-25,27,31-32,40,50H,1,7-21H2,2-5H3,(H2,39,42,43);1H/t23-,24+,25-,27-,31-,32+,36-,37+,38+;/m1./s1. The lowest BCUT2D eigenvalue weighted by Crippen LogP contribution is -2.63. The second kappa shape index (κ2) is 15.3. The molecule has 0 aromatic carbocycles. The lowest BCUT2D eigenvalue weighted by Gasteiger charge is -2.61. The first kappa shape index (κ1) is 39.7. The maximum Gasteiger partial charge on any atom is 0.316 e. The zero-order valence-corrected chi connectivity index (χ0v) is 33.2. The summed E-state index contributed by atoms with van der Waals surface area (Å²) in [5, 5.41) is 15.3. The second-order valence-electron chi connectivity index (χ2n) is 16.6. The number of carbonyl (C=O) groups is 3. The highest BCUT2D eigenvalue weighted by molar-refractivity contribution is 8.00. The zero-order valence-electron chi connectivity index (χ0n) is 31.6. The second-order valence-corrected chi connectivity index (χ2v) is 17.9. The number of aryl methyl sites for hydroxylation is 1. The molecule has 7 rings (SSSR count). The van der Waals surface area contributed by atoms with Crippen LogP contribution in [0.1, 0.15) is 72.6 Å². The summed E-state index contributed by atoms with van der Waals surface area (Å²) in [7, 11) is 0. The Bertz CT molecular complexity index is 1720. The van der Waals surface area contributed by atoms with E-state index >= 15 is 0 Å². The molecule has 292 valence electrons. The molecule has 5 fully saturated rings. The van der Waals surface area contributed by atoms with Crippen LogP contribution in [-0.2, 0) is 25.7 Å². The smallest absolute Gasteiger partial charge is 0.316 e. The van der Waals surface area contributed by atoms with Gasteiger partial charge in [0.25, 0.3) is 0 Å². The molecule has 4 N–H and O–H groups in total. The fourth-order valence-corrected chi connectivity index (χ4v) is 11.5. The number of imidazole rings is 1. The highest BCUT2D eigenvalue weighted by Crippen LogP contribution is 2.68. The van der Waals surface area contributed by atoms with Crippen LogP contribution >= 0.6 is 24.2 Å². The molecule has 0 unspecified atom stereocenters. The number of rotatable bonds is 9. The van der Waals surface area contributed by atoms with Crippen molar-refractivity contribution in [2.75, 3.05) is 55.7 Å². The molecule has 2 aliphatic heterocycles. The Morgan fingerprint density at radius 3 is 2.66 bits per heavy atom.